The standard InChI is InChI=1S/C6H11NO/c1-5-4-6(2,3)8-7-5/h4H2,1-3H3/i1T. The Morgan fingerprint density at radius 2 is 2.62 bits per heavy atom. The number of hydrogen-bond donors (Lipinski definition) is 0. The fourth-order valence-corrected chi connectivity index (χ4v) is 0.744. The van der Waals surface area contributed by atoms with Crippen molar-refractivity contribution in [2.45, 2.75) is 32.8 Å². The van der Waals surface area contributed by atoms with Crippen LogP contribution >= 0.6 is 0 Å². The van der Waals surface area contributed by atoms with Crippen molar-refractivity contribution in [2.75, 3.05) is 0 Å². The predicted molar refractivity (Wildman–Crippen MR) is 32.9 cm³/mol. The Hall–Kier alpha value is -0.530. The van der Waals surface area contributed by atoms with Crippen molar-refractivity contribution in [2.24, 2.45) is 5.16 Å². The lowest BCUT2D eigenvalue weighted by atomic mass is 10.0. The molecule has 0 atom stereocenters. The molecule has 0 aliphatic carbocycles. The van der Waals surface area contributed by atoms with Gasteiger partial charge in [0.05, 0.1) is 5.71 Å². The summed E-state index contributed by atoms with van der Waals surface area (Å²) in [6.07, 6.45) is 0.802. The maximum atomic E-state index is 6.97. The maximum Gasteiger partial charge on any atom is 0.137 e. The highest BCUT2D eigenvalue weighted by Gasteiger charge is 2.25. The van der Waals surface area contributed by atoms with Gasteiger partial charge in [-0.25, -0.2) is 0 Å². The average Bonchev–Trinajstić information content (AvgIpc) is 2.10. The molecule has 8 heavy (non-hydrogen) atoms. The molecule has 1 aliphatic rings. The van der Waals surface area contributed by atoms with E-state index < -0.39 is 0 Å². The van der Waals surface area contributed by atoms with Crippen molar-refractivity contribution in [3.05, 3.63) is 0 Å². The molecule has 2 heteroatoms. The molecule has 0 aromatic carbocycles. The molecular weight excluding hydrogens is 102 g/mol. The molecule has 0 radical (unpaired) electrons. The van der Waals surface area contributed by atoms with Gasteiger partial charge >= 0.3 is 0 Å². The summed E-state index contributed by atoms with van der Waals surface area (Å²) < 4.78 is 6.97. The Morgan fingerprint density at radius 3 is 2.88 bits per heavy atom. The monoisotopic (exact) mass is 115 g/mol. The first kappa shape index (κ1) is 4.36. The largest absolute Gasteiger partial charge is 0.389 e. The van der Waals surface area contributed by atoms with E-state index in [-0.39, 0.29) is 12.5 Å². The Balaban J connectivity index is 2.50. The Bertz CT molecular complexity index is 142. The first-order valence-corrected chi connectivity index (χ1v) is 2.67. The molecule has 0 aromatic rings. The van der Waals surface area contributed by atoms with E-state index in [1.165, 1.54) is 0 Å². The number of rotatable bonds is 0. The van der Waals surface area contributed by atoms with Crippen LogP contribution in [0, 0.1) is 0 Å². The van der Waals surface area contributed by atoms with E-state index in [4.69, 9.17) is 6.21 Å². The van der Waals surface area contributed by atoms with Gasteiger partial charge in [0.1, 0.15) is 5.60 Å². The van der Waals surface area contributed by atoms with Gasteiger partial charge in [-0.2, -0.15) is 0 Å². The highest BCUT2D eigenvalue weighted by Crippen LogP contribution is 2.21. The molecule has 0 saturated heterocycles. The third kappa shape index (κ3) is 0.997. The van der Waals surface area contributed by atoms with Crippen LogP contribution in [0.3, 0.4) is 0 Å². The summed E-state index contributed by atoms with van der Waals surface area (Å²) in [7, 11) is 0. The van der Waals surface area contributed by atoms with Gasteiger partial charge in [0, 0.05) is 7.79 Å². The highest BCUT2D eigenvalue weighted by molar-refractivity contribution is 5.83. The zero-order valence-electron chi connectivity index (χ0n) is 6.27. The van der Waals surface area contributed by atoms with E-state index in [0.29, 0.717) is 0 Å². The summed E-state index contributed by atoms with van der Waals surface area (Å²) in [4.78, 5) is 5.01. The van der Waals surface area contributed by atoms with Gasteiger partial charge in [0.25, 0.3) is 0 Å². The summed E-state index contributed by atoms with van der Waals surface area (Å²) >= 11 is 0. The molecular formula is C6H11NO. The van der Waals surface area contributed by atoms with Gasteiger partial charge in [0.2, 0.25) is 0 Å². The van der Waals surface area contributed by atoms with Crippen LogP contribution in [0.5, 0.6) is 0 Å². The van der Waals surface area contributed by atoms with Crippen molar-refractivity contribution in [1.29, 1.82) is 0 Å². The first-order valence-electron chi connectivity index (χ1n) is 3.38. The van der Waals surface area contributed by atoms with Gasteiger partial charge in [-0.15, -0.1) is 0 Å². The molecule has 1 heterocycles. The minimum absolute atomic E-state index is 0.156. The molecule has 1 rings (SSSR count). The summed E-state index contributed by atoms with van der Waals surface area (Å²) in [5, 5.41) is 3.74. The van der Waals surface area contributed by atoms with Crippen LogP contribution < -0.4 is 0 Å². The van der Waals surface area contributed by atoms with Gasteiger partial charge < -0.3 is 4.84 Å². The average molecular weight is 115 g/mol. The van der Waals surface area contributed by atoms with Crippen LogP contribution in [-0.2, 0) is 4.84 Å². The van der Waals surface area contributed by atoms with E-state index >= 15 is 0 Å². The lowest BCUT2D eigenvalue weighted by Gasteiger charge is -2.12. The van der Waals surface area contributed by atoms with Crippen LogP contribution in [0.25, 0.3) is 0 Å². The number of hydrogen-bond acceptors (Lipinski definition) is 2. The Morgan fingerprint density at radius 1 is 1.88 bits per heavy atom. The second kappa shape index (κ2) is 1.47. The van der Waals surface area contributed by atoms with Gasteiger partial charge in [-0.05, 0) is 20.7 Å². The van der Waals surface area contributed by atoms with Gasteiger partial charge in [-0.3, -0.25) is 0 Å². The molecule has 0 spiro atoms. The smallest absolute Gasteiger partial charge is 0.137 e. The second-order valence-electron chi connectivity index (χ2n) is 2.69. The SMILES string of the molecule is [3H]CC1=NOC(C)(C)C1. The highest BCUT2D eigenvalue weighted by atomic mass is 16.7. The van der Waals surface area contributed by atoms with E-state index in [1.54, 1.807) is 0 Å². The lowest BCUT2D eigenvalue weighted by molar-refractivity contribution is 0.0123. The normalized spacial score (nSPS) is 26.2. The minimum atomic E-state index is -0.156. The van der Waals surface area contributed by atoms with Crippen LogP contribution in [0.2, 0.25) is 0 Å². The van der Waals surface area contributed by atoms with Crippen molar-refractivity contribution in [1.82, 2.24) is 0 Å². The van der Waals surface area contributed by atoms with Crippen LogP contribution in [-0.4, -0.2) is 11.3 Å². The van der Waals surface area contributed by atoms with E-state index in [1.807, 2.05) is 13.8 Å². The van der Waals surface area contributed by atoms with E-state index in [9.17, 15) is 0 Å². The molecule has 1 aliphatic heterocycles. The van der Waals surface area contributed by atoms with Crippen LogP contribution in [0.4, 0.5) is 0 Å². The van der Waals surface area contributed by atoms with Gasteiger partial charge in [0.15, 0.2) is 0 Å². The predicted octanol–water partition coefficient (Wildman–Crippen LogP) is 1.56. The summed E-state index contributed by atoms with van der Waals surface area (Å²) in [6, 6.07) is 0. The van der Waals surface area contributed by atoms with Gasteiger partial charge in [-0.1, -0.05) is 5.16 Å². The Labute approximate surface area is 50.9 Å². The lowest BCUT2D eigenvalue weighted by Crippen LogP contribution is -2.17. The first-order chi connectivity index (χ1) is 4.14. The zero-order chi connectivity index (χ0) is 6.91. The molecule has 0 aromatic heterocycles. The quantitative estimate of drug-likeness (QED) is 0.469. The topological polar surface area (TPSA) is 21.6 Å². The van der Waals surface area contributed by atoms with E-state index in [0.717, 1.165) is 12.1 Å². The molecule has 0 saturated carbocycles. The molecule has 0 fully saturated rings. The second-order valence-corrected chi connectivity index (χ2v) is 2.69. The number of nitrogens with zero attached hydrogens (tertiary/aromatic N) is 1. The fraction of sp³-hybridized carbons (Fsp3) is 0.833. The Kier molecular flexibility index (Phi) is 0.802. The zero-order valence-corrected chi connectivity index (χ0v) is 5.27. The molecule has 2 nitrogen and oxygen atoms in total. The molecule has 0 N–H and O–H groups in total. The molecule has 46 valence electrons. The van der Waals surface area contributed by atoms with E-state index in [2.05, 4.69) is 5.16 Å². The molecule has 0 amide bonds. The van der Waals surface area contributed by atoms with Crippen molar-refractivity contribution < 1.29 is 6.21 Å². The summed E-state index contributed by atoms with van der Waals surface area (Å²) in [6.45, 7) is 4.21. The van der Waals surface area contributed by atoms with Crippen LogP contribution in [0.1, 0.15) is 28.5 Å². The van der Waals surface area contributed by atoms with Crippen LogP contribution in [0.15, 0.2) is 5.16 Å². The minimum Gasteiger partial charge on any atom is -0.389 e. The van der Waals surface area contributed by atoms with Crippen molar-refractivity contribution in [3.8, 4) is 0 Å². The summed E-state index contributed by atoms with van der Waals surface area (Å²) in [5.74, 6) is 0. The van der Waals surface area contributed by atoms with Crippen molar-refractivity contribution in [3.63, 3.8) is 0 Å². The molecule has 0 bridgehead atoms. The third-order valence-electron chi connectivity index (χ3n) is 1.05. The fourth-order valence-electron chi connectivity index (χ4n) is 0.744. The summed E-state index contributed by atoms with van der Waals surface area (Å²) in [5.41, 5.74) is 0.691. The van der Waals surface area contributed by atoms with Crippen molar-refractivity contribution >= 4 is 5.71 Å². The maximum absolute atomic E-state index is 6.97. The number of oxime groups is 1. The third-order valence-corrected chi connectivity index (χ3v) is 1.05. The molecule has 0 unspecified atom stereocenters.